The van der Waals surface area contributed by atoms with Crippen LogP contribution in [-0.4, -0.2) is 53.6 Å². The van der Waals surface area contributed by atoms with E-state index in [2.05, 4.69) is 5.32 Å². The van der Waals surface area contributed by atoms with Crippen molar-refractivity contribution in [2.24, 2.45) is 0 Å². The molecule has 21 heavy (non-hydrogen) atoms. The maximum Gasteiger partial charge on any atom is 0.414 e. The van der Waals surface area contributed by atoms with Gasteiger partial charge in [-0.1, -0.05) is 17.7 Å². The van der Waals surface area contributed by atoms with Crippen LogP contribution in [0.2, 0.25) is 5.02 Å². The van der Waals surface area contributed by atoms with Crippen molar-refractivity contribution in [2.45, 2.75) is 6.92 Å². The van der Waals surface area contributed by atoms with Crippen LogP contribution in [0.5, 0.6) is 5.75 Å². The van der Waals surface area contributed by atoms with Gasteiger partial charge in [0.25, 0.3) is 0 Å². The second-order valence-electron chi connectivity index (χ2n) is 3.87. The fourth-order valence-electron chi connectivity index (χ4n) is 1.16. The van der Waals surface area contributed by atoms with Gasteiger partial charge in [-0.15, -0.1) is 0 Å². The van der Waals surface area contributed by atoms with E-state index in [1.807, 2.05) is 25.1 Å². The van der Waals surface area contributed by atoms with Crippen LogP contribution in [0.15, 0.2) is 18.2 Å². The molecule has 0 aliphatic rings. The number of carbonyl (C=O) groups is 2. The third-order valence-corrected chi connectivity index (χ3v) is 2.41. The highest BCUT2D eigenvalue weighted by Crippen LogP contribution is 2.24. The number of rotatable bonds is 6. The predicted octanol–water partition coefficient (Wildman–Crippen LogP) is 0.765. The van der Waals surface area contributed by atoms with Crippen LogP contribution in [0.25, 0.3) is 0 Å². The van der Waals surface area contributed by atoms with E-state index in [-0.39, 0.29) is 6.61 Å². The number of halogens is 1. The molecule has 4 N–H and O–H groups in total. The zero-order valence-corrected chi connectivity index (χ0v) is 12.3. The Labute approximate surface area is 127 Å². The van der Waals surface area contributed by atoms with Gasteiger partial charge in [0.05, 0.1) is 11.6 Å². The molecular formula is C13H18ClNO6. The average molecular weight is 320 g/mol. The van der Waals surface area contributed by atoms with Crippen molar-refractivity contribution >= 4 is 23.5 Å². The molecule has 0 saturated carbocycles. The second kappa shape index (κ2) is 10.9. The number of aliphatic hydroxyl groups is 1. The quantitative estimate of drug-likeness (QED) is 0.452. The predicted molar refractivity (Wildman–Crippen MR) is 76.9 cm³/mol. The fraction of sp³-hybridized carbons (Fsp3) is 0.385. The van der Waals surface area contributed by atoms with Crippen molar-refractivity contribution in [1.82, 2.24) is 5.32 Å². The van der Waals surface area contributed by atoms with Gasteiger partial charge >= 0.3 is 11.9 Å². The Bertz CT molecular complexity index is 454. The summed E-state index contributed by atoms with van der Waals surface area (Å²) in [6.07, 6.45) is 0. The number of carboxylic acid groups (broad SMARTS) is 2. The minimum atomic E-state index is -1.82. The minimum Gasteiger partial charge on any atom is -0.491 e. The highest BCUT2D eigenvalue weighted by Gasteiger charge is 2.04. The zero-order chi connectivity index (χ0) is 16.3. The van der Waals surface area contributed by atoms with Crippen molar-refractivity contribution < 1.29 is 29.6 Å². The van der Waals surface area contributed by atoms with Crippen LogP contribution >= 0.6 is 11.6 Å². The SMILES string of the molecule is Cc1ccc(Cl)c(OCCNCCO)c1.O=C(O)C(=O)O. The zero-order valence-electron chi connectivity index (χ0n) is 11.5. The summed E-state index contributed by atoms with van der Waals surface area (Å²) in [6, 6.07) is 5.68. The summed E-state index contributed by atoms with van der Waals surface area (Å²) in [5.41, 5.74) is 1.12. The molecule has 0 heterocycles. The van der Waals surface area contributed by atoms with E-state index in [0.717, 1.165) is 5.56 Å². The number of hydrogen-bond acceptors (Lipinski definition) is 5. The largest absolute Gasteiger partial charge is 0.491 e. The lowest BCUT2D eigenvalue weighted by molar-refractivity contribution is -0.159. The van der Waals surface area contributed by atoms with Crippen LogP contribution in [0.3, 0.4) is 0 Å². The topological polar surface area (TPSA) is 116 Å². The number of hydrogen-bond donors (Lipinski definition) is 4. The molecule has 0 unspecified atom stereocenters. The van der Waals surface area contributed by atoms with Gasteiger partial charge in [0, 0.05) is 13.1 Å². The molecule has 118 valence electrons. The van der Waals surface area contributed by atoms with E-state index in [4.69, 9.17) is 41.2 Å². The van der Waals surface area contributed by atoms with E-state index in [0.29, 0.717) is 30.5 Å². The molecule has 7 nitrogen and oxygen atoms in total. The molecule has 0 fully saturated rings. The molecule has 0 saturated heterocycles. The molecule has 0 aromatic heterocycles. The van der Waals surface area contributed by atoms with E-state index in [9.17, 15) is 0 Å². The van der Waals surface area contributed by atoms with Crippen molar-refractivity contribution in [3.8, 4) is 5.75 Å². The molecule has 0 bridgehead atoms. The van der Waals surface area contributed by atoms with Crippen molar-refractivity contribution in [3.05, 3.63) is 28.8 Å². The number of aliphatic carboxylic acids is 2. The summed E-state index contributed by atoms with van der Waals surface area (Å²) < 4.78 is 5.49. The van der Waals surface area contributed by atoms with E-state index < -0.39 is 11.9 Å². The number of nitrogens with one attached hydrogen (secondary N) is 1. The van der Waals surface area contributed by atoms with Gasteiger partial charge in [-0.2, -0.15) is 0 Å². The third kappa shape index (κ3) is 9.67. The van der Waals surface area contributed by atoms with Crippen LogP contribution in [-0.2, 0) is 9.59 Å². The third-order valence-electron chi connectivity index (χ3n) is 2.09. The van der Waals surface area contributed by atoms with Gasteiger partial charge in [-0.05, 0) is 24.6 Å². The number of benzene rings is 1. The van der Waals surface area contributed by atoms with Gasteiger partial charge < -0.3 is 25.4 Å². The normalized spacial score (nSPS) is 9.48. The molecule has 0 spiro atoms. The van der Waals surface area contributed by atoms with Gasteiger partial charge in [0.1, 0.15) is 12.4 Å². The molecule has 0 radical (unpaired) electrons. The Kier molecular flexibility index (Phi) is 9.95. The first kappa shape index (κ1) is 19.2. The minimum absolute atomic E-state index is 0.144. The molecule has 8 heteroatoms. The first-order chi connectivity index (χ1) is 9.88. The number of ether oxygens (including phenoxy) is 1. The van der Waals surface area contributed by atoms with Crippen molar-refractivity contribution in [3.63, 3.8) is 0 Å². The van der Waals surface area contributed by atoms with Gasteiger partial charge in [-0.25, -0.2) is 9.59 Å². The molecular weight excluding hydrogens is 302 g/mol. The number of aryl methyl sites for hydroxylation is 1. The average Bonchev–Trinajstić information content (AvgIpc) is 2.43. The van der Waals surface area contributed by atoms with Crippen molar-refractivity contribution in [1.29, 1.82) is 0 Å². The summed E-state index contributed by atoms with van der Waals surface area (Å²) in [4.78, 5) is 18.2. The van der Waals surface area contributed by atoms with Gasteiger partial charge in [0.2, 0.25) is 0 Å². The Balaban J connectivity index is 0.000000567. The fourth-order valence-corrected chi connectivity index (χ4v) is 1.33. The Morgan fingerprint density at radius 3 is 2.38 bits per heavy atom. The molecule has 1 aromatic carbocycles. The number of carboxylic acids is 2. The summed E-state index contributed by atoms with van der Waals surface area (Å²) in [5.74, 6) is -2.94. The van der Waals surface area contributed by atoms with E-state index in [1.54, 1.807) is 0 Å². The maximum atomic E-state index is 9.10. The molecule has 0 amide bonds. The van der Waals surface area contributed by atoms with Crippen LogP contribution < -0.4 is 10.1 Å². The second-order valence-corrected chi connectivity index (χ2v) is 4.27. The van der Waals surface area contributed by atoms with Gasteiger partial charge in [-0.3, -0.25) is 0 Å². The molecule has 0 aliphatic heterocycles. The first-order valence-electron chi connectivity index (χ1n) is 6.05. The summed E-state index contributed by atoms with van der Waals surface area (Å²) in [5, 5.41) is 27.0. The monoisotopic (exact) mass is 319 g/mol. The first-order valence-corrected chi connectivity index (χ1v) is 6.43. The summed E-state index contributed by atoms with van der Waals surface area (Å²) in [7, 11) is 0. The standard InChI is InChI=1S/C11H16ClNO2.C2H2O4/c1-9-2-3-10(12)11(8-9)15-7-5-13-4-6-14;3-1(4)2(5)6/h2-3,8,13-14H,4-7H2,1H3;(H,3,4)(H,5,6). The smallest absolute Gasteiger partial charge is 0.414 e. The van der Waals surface area contributed by atoms with Crippen LogP contribution in [0.1, 0.15) is 5.56 Å². The Hall–Kier alpha value is -1.83. The lowest BCUT2D eigenvalue weighted by atomic mass is 10.2. The number of aliphatic hydroxyl groups excluding tert-OH is 1. The summed E-state index contributed by atoms with van der Waals surface area (Å²) in [6.45, 7) is 3.97. The van der Waals surface area contributed by atoms with Gasteiger partial charge in [0.15, 0.2) is 0 Å². The van der Waals surface area contributed by atoms with Crippen LogP contribution in [0.4, 0.5) is 0 Å². The summed E-state index contributed by atoms with van der Waals surface area (Å²) >= 11 is 5.95. The molecule has 0 aliphatic carbocycles. The van der Waals surface area contributed by atoms with E-state index >= 15 is 0 Å². The highest BCUT2D eigenvalue weighted by atomic mass is 35.5. The van der Waals surface area contributed by atoms with Crippen LogP contribution in [0, 0.1) is 6.92 Å². The maximum absolute atomic E-state index is 9.10. The van der Waals surface area contributed by atoms with Crippen molar-refractivity contribution in [2.75, 3.05) is 26.3 Å². The Morgan fingerprint density at radius 2 is 1.86 bits per heavy atom. The molecule has 1 rings (SSSR count). The lowest BCUT2D eigenvalue weighted by Gasteiger charge is -2.09. The lowest BCUT2D eigenvalue weighted by Crippen LogP contribution is -2.24. The molecule has 1 aromatic rings. The highest BCUT2D eigenvalue weighted by molar-refractivity contribution is 6.32. The molecule has 0 atom stereocenters. The van der Waals surface area contributed by atoms with E-state index in [1.165, 1.54) is 0 Å². The Morgan fingerprint density at radius 1 is 1.24 bits per heavy atom.